The second-order valence-corrected chi connectivity index (χ2v) is 8.49. The van der Waals surface area contributed by atoms with Crippen LogP contribution in [0.5, 0.6) is 11.5 Å². The fourth-order valence-corrected chi connectivity index (χ4v) is 4.20. The number of benzene rings is 3. The molecule has 1 aliphatic heterocycles. The van der Waals surface area contributed by atoms with Gasteiger partial charge in [-0.05, 0) is 47.5 Å². The molecule has 0 aliphatic carbocycles. The summed E-state index contributed by atoms with van der Waals surface area (Å²) in [5.74, 6) is 2.46. The van der Waals surface area contributed by atoms with Crippen molar-refractivity contribution in [2.24, 2.45) is 0 Å². The van der Waals surface area contributed by atoms with Crippen LogP contribution in [-0.2, 0) is 24.5 Å². The molecule has 2 aromatic heterocycles. The summed E-state index contributed by atoms with van der Waals surface area (Å²) in [6.45, 7) is 1.57. The molecule has 5 aromatic rings. The molecule has 8 nitrogen and oxygen atoms in total. The Morgan fingerprint density at radius 3 is 2.50 bits per heavy atom. The molecule has 0 N–H and O–H groups in total. The van der Waals surface area contributed by atoms with Crippen LogP contribution in [0.2, 0.25) is 0 Å². The van der Waals surface area contributed by atoms with Crippen molar-refractivity contribution in [3.05, 3.63) is 102 Å². The maximum atomic E-state index is 6.14. The van der Waals surface area contributed by atoms with Crippen molar-refractivity contribution >= 4 is 0 Å². The van der Waals surface area contributed by atoms with Gasteiger partial charge in [-0.15, -0.1) is 0 Å². The summed E-state index contributed by atoms with van der Waals surface area (Å²) in [6.07, 6.45) is 1.73. The lowest BCUT2D eigenvalue weighted by Crippen LogP contribution is -2.20. The molecule has 1 aliphatic rings. The molecule has 3 heterocycles. The highest BCUT2D eigenvalue weighted by molar-refractivity contribution is 5.60. The third kappa shape index (κ3) is 4.46. The van der Waals surface area contributed by atoms with Gasteiger partial charge in [-0.3, -0.25) is 0 Å². The summed E-state index contributed by atoms with van der Waals surface area (Å²) in [7, 11) is 1.66. The van der Waals surface area contributed by atoms with Gasteiger partial charge in [0.05, 0.1) is 32.3 Å². The highest BCUT2D eigenvalue weighted by Gasteiger charge is 2.26. The normalized spacial score (nSPS) is 14.9. The number of hydrogen-bond acceptors (Lipinski definition) is 7. The number of rotatable bonds is 7. The van der Waals surface area contributed by atoms with Crippen molar-refractivity contribution in [2.75, 3.05) is 7.11 Å². The van der Waals surface area contributed by atoms with E-state index in [4.69, 9.17) is 18.7 Å². The molecular weight excluding hydrogens is 456 g/mol. The largest absolute Gasteiger partial charge is 0.497 e. The van der Waals surface area contributed by atoms with E-state index < -0.39 is 0 Å². The highest BCUT2D eigenvalue weighted by Crippen LogP contribution is 2.32. The maximum Gasteiger partial charge on any atom is 0.278 e. The first-order valence-electron chi connectivity index (χ1n) is 11.7. The standard InChI is InChI=1S/C28H24N4O4/c1-33-22-11-7-20(8-12-22)25-15-32-18-29-26(24(32)17-35-25)28-30-27(31-36-28)21-9-13-23(14-10-21)34-16-19-5-3-2-4-6-19/h2-14,18,25H,15-17H2,1H3/t25-/m0/s1. The van der Waals surface area contributed by atoms with E-state index in [1.165, 1.54) is 0 Å². The lowest BCUT2D eigenvalue weighted by molar-refractivity contribution is 0.00328. The zero-order valence-electron chi connectivity index (χ0n) is 19.7. The van der Waals surface area contributed by atoms with Crippen LogP contribution in [0.15, 0.2) is 89.7 Å². The molecule has 0 radical (unpaired) electrons. The van der Waals surface area contributed by atoms with Gasteiger partial charge in [0.15, 0.2) is 5.69 Å². The molecule has 36 heavy (non-hydrogen) atoms. The minimum Gasteiger partial charge on any atom is -0.497 e. The average Bonchev–Trinajstić information content (AvgIpc) is 3.60. The highest BCUT2D eigenvalue weighted by atomic mass is 16.5. The van der Waals surface area contributed by atoms with Crippen LogP contribution in [0.25, 0.3) is 23.0 Å². The molecule has 3 aromatic carbocycles. The zero-order chi connectivity index (χ0) is 24.3. The predicted molar refractivity (Wildman–Crippen MR) is 132 cm³/mol. The fraction of sp³-hybridized carbons (Fsp3) is 0.179. The van der Waals surface area contributed by atoms with E-state index >= 15 is 0 Å². The Balaban J connectivity index is 1.14. The van der Waals surface area contributed by atoms with Crippen LogP contribution < -0.4 is 9.47 Å². The smallest absolute Gasteiger partial charge is 0.278 e. The summed E-state index contributed by atoms with van der Waals surface area (Å²) in [5.41, 5.74) is 4.60. The van der Waals surface area contributed by atoms with Gasteiger partial charge in [-0.1, -0.05) is 47.6 Å². The molecule has 6 rings (SSSR count). The summed E-state index contributed by atoms with van der Waals surface area (Å²) in [4.78, 5) is 9.13. The number of aromatic nitrogens is 4. The number of ether oxygens (including phenoxy) is 3. The fourth-order valence-electron chi connectivity index (χ4n) is 4.20. The molecule has 0 amide bonds. The number of methoxy groups -OCH3 is 1. The van der Waals surface area contributed by atoms with Gasteiger partial charge >= 0.3 is 0 Å². The Kier molecular flexibility index (Phi) is 5.93. The van der Waals surface area contributed by atoms with Crippen molar-refractivity contribution in [3.63, 3.8) is 0 Å². The Bertz CT molecular complexity index is 1440. The van der Waals surface area contributed by atoms with Gasteiger partial charge in [0.25, 0.3) is 5.89 Å². The topological polar surface area (TPSA) is 84.4 Å². The Morgan fingerprint density at radius 2 is 1.72 bits per heavy atom. The molecular formula is C28H24N4O4. The number of nitrogens with zero attached hydrogens (tertiary/aromatic N) is 4. The van der Waals surface area contributed by atoms with Crippen LogP contribution in [0.3, 0.4) is 0 Å². The van der Waals surface area contributed by atoms with E-state index in [1.807, 2.05) is 78.9 Å². The van der Waals surface area contributed by atoms with Gasteiger partial charge in [-0.25, -0.2) is 4.98 Å². The van der Waals surface area contributed by atoms with Crippen LogP contribution in [0.4, 0.5) is 0 Å². The Labute approximate surface area is 208 Å². The zero-order valence-corrected chi connectivity index (χ0v) is 19.7. The van der Waals surface area contributed by atoms with Crippen LogP contribution >= 0.6 is 0 Å². The lowest BCUT2D eigenvalue weighted by Gasteiger charge is -2.25. The van der Waals surface area contributed by atoms with Gasteiger partial charge < -0.3 is 23.3 Å². The lowest BCUT2D eigenvalue weighted by atomic mass is 10.1. The van der Waals surface area contributed by atoms with E-state index in [9.17, 15) is 0 Å². The van der Waals surface area contributed by atoms with E-state index in [1.54, 1.807) is 13.4 Å². The molecule has 0 bridgehead atoms. The first-order chi connectivity index (χ1) is 17.8. The number of hydrogen-bond donors (Lipinski definition) is 0. The van der Waals surface area contributed by atoms with Gasteiger partial charge in [0.1, 0.15) is 24.2 Å². The minimum absolute atomic E-state index is 0.0636. The van der Waals surface area contributed by atoms with Gasteiger partial charge in [-0.2, -0.15) is 4.98 Å². The second-order valence-electron chi connectivity index (χ2n) is 8.49. The van der Waals surface area contributed by atoms with Crippen molar-refractivity contribution in [2.45, 2.75) is 25.9 Å². The molecule has 0 unspecified atom stereocenters. The summed E-state index contributed by atoms with van der Waals surface area (Å²) >= 11 is 0. The SMILES string of the molecule is COc1ccc([C@@H]2Cn3cnc(-c4nc(-c5ccc(OCc6ccccc6)cc5)no4)c3CO2)cc1. The third-order valence-electron chi connectivity index (χ3n) is 6.21. The monoisotopic (exact) mass is 480 g/mol. The quantitative estimate of drug-likeness (QED) is 0.306. The van der Waals surface area contributed by atoms with Gasteiger partial charge in [0, 0.05) is 5.56 Å². The van der Waals surface area contributed by atoms with Crippen molar-refractivity contribution in [1.29, 1.82) is 0 Å². The third-order valence-corrected chi connectivity index (χ3v) is 6.21. The molecule has 8 heteroatoms. The van der Waals surface area contributed by atoms with Crippen LogP contribution in [0, 0.1) is 0 Å². The van der Waals surface area contributed by atoms with Crippen LogP contribution in [0.1, 0.15) is 22.9 Å². The maximum absolute atomic E-state index is 6.14. The van der Waals surface area contributed by atoms with E-state index in [-0.39, 0.29) is 6.10 Å². The molecule has 180 valence electrons. The first kappa shape index (κ1) is 22.1. The average molecular weight is 481 g/mol. The van der Waals surface area contributed by atoms with E-state index in [0.717, 1.165) is 33.9 Å². The number of imidazole rings is 1. The minimum atomic E-state index is -0.0636. The molecule has 0 saturated heterocycles. The molecule has 0 fully saturated rings. The number of fused-ring (bicyclic) bond motifs is 1. The summed E-state index contributed by atoms with van der Waals surface area (Å²) in [6, 6.07) is 25.6. The summed E-state index contributed by atoms with van der Waals surface area (Å²) in [5, 5.41) is 4.16. The summed E-state index contributed by atoms with van der Waals surface area (Å²) < 4.78 is 24.9. The Morgan fingerprint density at radius 1 is 0.944 bits per heavy atom. The molecule has 0 saturated carbocycles. The molecule has 1 atom stereocenters. The van der Waals surface area contributed by atoms with Gasteiger partial charge in [0.2, 0.25) is 5.82 Å². The Hall–Kier alpha value is -4.43. The van der Waals surface area contributed by atoms with Crippen molar-refractivity contribution < 1.29 is 18.7 Å². The van der Waals surface area contributed by atoms with E-state index in [0.29, 0.717) is 37.2 Å². The van der Waals surface area contributed by atoms with Crippen molar-refractivity contribution in [3.8, 4) is 34.5 Å². The predicted octanol–water partition coefficient (Wildman–Crippen LogP) is 5.46. The van der Waals surface area contributed by atoms with E-state index in [2.05, 4.69) is 19.7 Å². The van der Waals surface area contributed by atoms with Crippen LogP contribution in [-0.4, -0.2) is 26.8 Å². The van der Waals surface area contributed by atoms with Crippen molar-refractivity contribution in [1.82, 2.24) is 19.7 Å². The molecule has 0 spiro atoms. The second kappa shape index (κ2) is 9.67. The first-order valence-corrected chi connectivity index (χ1v) is 11.7.